The molecule has 1 N–H and O–H groups in total. The molecule has 0 radical (unpaired) electrons. The maximum atomic E-state index is 15.2. The van der Waals surface area contributed by atoms with Crippen LogP contribution in [0.15, 0.2) is 79.3 Å². The van der Waals surface area contributed by atoms with Crippen molar-refractivity contribution >= 4 is 22.3 Å². The van der Waals surface area contributed by atoms with Crippen molar-refractivity contribution in [3.8, 4) is 0 Å². The number of nitrogens with zero attached hydrogens (tertiary/aromatic N) is 2. The van der Waals surface area contributed by atoms with Gasteiger partial charge in [-0.15, -0.1) is 0 Å². The summed E-state index contributed by atoms with van der Waals surface area (Å²) in [6, 6.07) is 17.9. The molecule has 3 nitrogen and oxygen atoms in total. The third-order valence-electron chi connectivity index (χ3n) is 5.19. The fraction of sp³-hybridized carbons (Fsp3) is 0.200. The number of alkyl halides is 2. The number of hydrogen-bond acceptors (Lipinski definition) is 3. The zero-order valence-corrected chi connectivity index (χ0v) is 17.2. The fourth-order valence-electron chi connectivity index (χ4n) is 3.45. The summed E-state index contributed by atoms with van der Waals surface area (Å²) < 4.78 is 30.5. The Labute approximate surface area is 174 Å². The van der Waals surface area contributed by atoms with E-state index in [-0.39, 0.29) is 16.5 Å². The van der Waals surface area contributed by atoms with Gasteiger partial charge in [-0.2, -0.15) is 8.78 Å². The summed E-state index contributed by atoms with van der Waals surface area (Å²) in [5.41, 5.74) is 1.90. The second-order valence-corrected chi connectivity index (χ2v) is 8.33. The van der Waals surface area contributed by atoms with Gasteiger partial charge in [-0.25, -0.2) is 4.98 Å². The highest BCUT2D eigenvalue weighted by molar-refractivity contribution is 5.96. The molecular weight excluding hydrogens is 380 g/mol. The lowest BCUT2D eigenvalue weighted by Crippen LogP contribution is -2.16. The van der Waals surface area contributed by atoms with Crippen molar-refractivity contribution in [3.63, 3.8) is 0 Å². The number of fused-ring (bicyclic) bond motifs is 1. The highest BCUT2D eigenvalue weighted by Crippen LogP contribution is 2.40. The number of hydrogen-bond donors (Lipinski definition) is 1. The Morgan fingerprint density at radius 2 is 1.40 bits per heavy atom. The molecule has 0 spiro atoms. The lowest BCUT2D eigenvalue weighted by Gasteiger charge is -2.21. The predicted octanol–water partition coefficient (Wildman–Crippen LogP) is 6.81. The molecule has 0 saturated carbocycles. The first kappa shape index (κ1) is 20.0. The molecule has 0 amide bonds. The summed E-state index contributed by atoms with van der Waals surface area (Å²) in [7, 11) is 0. The standard InChI is InChI=1S/C25H23F2N3/c1-24(2,3)17-8-10-19(11-9-17)30-23-21-7-5-4-6-20(21)22(16-29-23)25(26,27)18-12-14-28-15-13-18/h4-16H,1-3H3,(H,29,30). The Hall–Kier alpha value is -3.34. The topological polar surface area (TPSA) is 37.8 Å². The minimum Gasteiger partial charge on any atom is -0.340 e. The normalized spacial score (nSPS) is 12.2. The van der Waals surface area contributed by atoms with E-state index in [2.05, 4.69) is 48.2 Å². The van der Waals surface area contributed by atoms with Gasteiger partial charge in [0, 0.05) is 35.2 Å². The molecule has 0 aliphatic heterocycles. The lowest BCUT2D eigenvalue weighted by molar-refractivity contribution is 0.0441. The van der Waals surface area contributed by atoms with Gasteiger partial charge >= 0.3 is 5.92 Å². The average Bonchev–Trinajstić information content (AvgIpc) is 2.74. The molecule has 0 unspecified atom stereocenters. The first-order valence-electron chi connectivity index (χ1n) is 9.81. The second-order valence-electron chi connectivity index (χ2n) is 8.33. The van der Waals surface area contributed by atoms with Crippen molar-refractivity contribution in [2.75, 3.05) is 5.32 Å². The lowest BCUT2D eigenvalue weighted by atomic mass is 9.87. The smallest absolute Gasteiger partial charge is 0.300 e. The van der Waals surface area contributed by atoms with Crippen LogP contribution in [0.3, 0.4) is 0 Å². The van der Waals surface area contributed by atoms with Crippen LogP contribution < -0.4 is 5.32 Å². The molecular formula is C25H23F2N3. The number of nitrogens with one attached hydrogen (secondary N) is 1. The van der Waals surface area contributed by atoms with E-state index < -0.39 is 5.92 Å². The highest BCUT2D eigenvalue weighted by atomic mass is 19.3. The molecule has 2 heterocycles. The number of benzene rings is 2. The van der Waals surface area contributed by atoms with E-state index in [1.54, 1.807) is 18.2 Å². The van der Waals surface area contributed by atoms with Crippen LogP contribution in [0.2, 0.25) is 0 Å². The van der Waals surface area contributed by atoms with Crippen molar-refractivity contribution < 1.29 is 8.78 Å². The van der Waals surface area contributed by atoms with E-state index in [1.165, 1.54) is 36.3 Å². The molecule has 0 fully saturated rings. The van der Waals surface area contributed by atoms with Crippen molar-refractivity contribution in [2.45, 2.75) is 32.1 Å². The van der Waals surface area contributed by atoms with E-state index >= 15 is 8.78 Å². The van der Waals surface area contributed by atoms with Crippen molar-refractivity contribution in [1.29, 1.82) is 0 Å². The molecule has 0 aliphatic carbocycles. The van der Waals surface area contributed by atoms with Crippen molar-refractivity contribution in [1.82, 2.24) is 9.97 Å². The SMILES string of the molecule is CC(C)(C)c1ccc(Nc2ncc(C(F)(F)c3ccncc3)c3ccccc23)cc1. The van der Waals surface area contributed by atoms with Gasteiger partial charge in [-0.1, -0.05) is 57.2 Å². The van der Waals surface area contributed by atoms with Crippen LogP contribution in [0.1, 0.15) is 37.5 Å². The maximum absolute atomic E-state index is 15.2. The van der Waals surface area contributed by atoms with Crippen LogP contribution in [0.4, 0.5) is 20.3 Å². The van der Waals surface area contributed by atoms with E-state index in [4.69, 9.17) is 0 Å². The molecule has 2 aromatic carbocycles. The predicted molar refractivity (Wildman–Crippen MR) is 117 cm³/mol. The molecule has 5 heteroatoms. The highest BCUT2D eigenvalue weighted by Gasteiger charge is 2.36. The third-order valence-corrected chi connectivity index (χ3v) is 5.19. The largest absolute Gasteiger partial charge is 0.340 e. The molecule has 0 bridgehead atoms. The Kier molecular flexibility index (Phi) is 4.98. The minimum absolute atomic E-state index is 0.0592. The number of aromatic nitrogens is 2. The van der Waals surface area contributed by atoms with Crippen molar-refractivity contribution in [2.24, 2.45) is 0 Å². The van der Waals surface area contributed by atoms with Gasteiger partial charge in [-0.3, -0.25) is 4.98 Å². The number of anilines is 2. The Morgan fingerprint density at radius 1 is 0.767 bits per heavy atom. The summed E-state index contributed by atoms with van der Waals surface area (Å²) in [5.74, 6) is -2.63. The first-order valence-corrected chi connectivity index (χ1v) is 9.81. The molecule has 4 rings (SSSR count). The van der Waals surface area contributed by atoms with Gasteiger partial charge < -0.3 is 5.32 Å². The summed E-state index contributed by atoms with van der Waals surface area (Å²) in [4.78, 5) is 8.20. The molecule has 152 valence electrons. The van der Waals surface area contributed by atoms with Gasteiger partial charge in [0.2, 0.25) is 0 Å². The minimum atomic E-state index is -3.18. The number of rotatable bonds is 4. The maximum Gasteiger partial charge on any atom is 0.300 e. The number of pyridine rings is 2. The number of halogens is 2. The summed E-state index contributed by atoms with van der Waals surface area (Å²) in [6.45, 7) is 6.48. The van der Waals surface area contributed by atoms with E-state index in [9.17, 15) is 0 Å². The van der Waals surface area contributed by atoms with Gasteiger partial charge in [0.25, 0.3) is 0 Å². The second kappa shape index (κ2) is 7.48. The summed E-state index contributed by atoms with van der Waals surface area (Å²) in [5, 5.41) is 4.38. The zero-order valence-electron chi connectivity index (χ0n) is 17.2. The van der Waals surface area contributed by atoms with Crippen LogP contribution >= 0.6 is 0 Å². The first-order chi connectivity index (χ1) is 14.3. The average molecular weight is 403 g/mol. The van der Waals surface area contributed by atoms with Crippen molar-refractivity contribution in [3.05, 3.63) is 95.9 Å². The van der Waals surface area contributed by atoms with Crippen LogP contribution in [-0.2, 0) is 11.3 Å². The molecule has 0 aliphatic rings. The van der Waals surface area contributed by atoms with Crippen LogP contribution in [0.25, 0.3) is 10.8 Å². The summed E-state index contributed by atoms with van der Waals surface area (Å²) in [6.07, 6.45) is 4.00. The van der Waals surface area contributed by atoms with E-state index in [0.29, 0.717) is 16.6 Å². The molecule has 30 heavy (non-hydrogen) atoms. The Morgan fingerprint density at radius 3 is 2.03 bits per heavy atom. The monoisotopic (exact) mass is 403 g/mol. The van der Waals surface area contributed by atoms with Crippen LogP contribution in [0.5, 0.6) is 0 Å². The third kappa shape index (κ3) is 3.75. The van der Waals surface area contributed by atoms with Gasteiger partial charge in [0.1, 0.15) is 5.82 Å². The van der Waals surface area contributed by atoms with Gasteiger partial charge in [0.05, 0.1) is 5.56 Å². The quantitative estimate of drug-likeness (QED) is 0.407. The molecule has 0 atom stereocenters. The molecule has 4 aromatic rings. The van der Waals surface area contributed by atoms with Crippen LogP contribution in [-0.4, -0.2) is 9.97 Å². The van der Waals surface area contributed by atoms with E-state index in [0.717, 1.165) is 5.69 Å². The van der Waals surface area contributed by atoms with E-state index in [1.807, 2.05) is 18.2 Å². The molecule has 2 aromatic heterocycles. The van der Waals surface area contributed by atoms with Gasteiger partial charge in [-0.05, 0) is 40.6 Å². The van der Waals surface area contributed by atoms with Gasteiger partial charge in [0.15, 0.2) is 0 Å². The molecule has 0 saturated heterocycles. The Bertz CT molecular complexity index is 1160. The summed E-state index contributed by atoms with van der Waals surface area (Å²) >= 11 is 0. The fourth-order valence-corrected chi connectivity index (χ4v) is 3.45. The zero-order chi connectivity index (χ0) is 21.4. The van der Waals surface area contributed by atoms with Crippen LogP contribution in [0, 0.1) is 0 Å². The Balaban J connectivity index is 1.75.